The van der Waals surface area contributed by atoms with Gasteiger partial charge in [0.25, 0.3) is 0 Å². The van der Waals surface area contributed by atoms with Crippen LogP contribution in [0.15, 0.2) is 30.7 Å². The minimum absolute atomic E-state index is 0.0619. The van der Waals surface area contributed by atoms with Crippen molar-refractivity contribution in [2.24, 2.45) is 0 Å². The van der Waals surface area contributed by atoms with Gasteiger partial charge in [-0.25, -0.2) is 4.98 Å². The Morgan fingerprint density at radius 1 is 1.38 bits per heavy atom. The maximum Gasteiger partial charge on any atom is 0.418 e. The van der Waals surface area contributed by atoms with Gasteiger partial charge in [-0.05, 0) is 25.1 Å². The van der Waals surface area contributed by atoms with Gasteiger partial charge in [0.1, 0.15) is 0 Å². The number of benzene rings is 1. The van der Waals surface area contributed by atoms with E-state index in [2.05, 4.69) is 11.1 Å². The van der Waals surface area contributed by atoms with E-state index in [-0.39, 0.29) is 5.69 Å². The molecule has 1 radical (unpaired) electrons. The van der Waals surface area contributed by atoms with Crippen molar-refractivity contribution >= 4 is 0 Å². The zero-order chi connectivity index (χ0) is 11.8. The highest BCUT2D eigenvalue weighted by molar-refractivity contribution is 5.42. The minimum atomic E-state index is -4.38. The van der Waals surface area contributed by atoms with E-state index in [4.69, 9.17) is 0 Å². The lowest BCUT2D eigenvalue weighted by atomic mass is 10.1. The minimum Gasteiger partial charge on any atom is -0.305 e. The summed E-state index contributed by atoms with van der Waals surface area (Å²) in [4.78, 5) is 3.90. The smallest absolute Gasteiger partial charge is 0.305 e. The Balaban J connectivity index is 2.57. The highest BCUT2D eigenvalue weighted by Gasteiger charge is 2.33. The first-order valence-corrected chi connectivity index (χ1v) is 4.57. The molecule has 0 saturated carbocycles. The third-order valence-electron chi connectivity index (χ3n) is 2.14. The average Bonchev–Trinajstić information content (AvgIpc) is 2.64. The number of halogens is 3. The number of aryl methyl sites for hydroxylation is 1. The number of hydrogen-bond acceptors (Lipinski definition) is 1. The normalized spacial score (nSPS) is 11.8. The Morgan fingerprint density at radius 3 is 2.69 bits per heavy atom. The van der Waals surface area contributed by atoms with Gasteiger partial charge in [-0.1, -0.05) is 6.07 Å². The Hall–Kier alpha value is -1.78. The molecule has 0 aliphatic rings. The molecule has 2 aromatic rings. The molecular weight excluding hydrogens is 217 g/mol. The molecule has 0 N–H and O–H groups in total. The molecule has 16 heavy (non-hydrogen) atoms. The summed E-state index contributed by atoms with van der Waals surface area (Å²) in [5.74, 6) is 0. The molecule has 0 amide bonds. The molecule has 0 aliphatic heterocycles. The summed E-state index contributed by atoms with van der Waals surface area (Å²) in [5, 5.41) is 0. The van der Waals surface area contributed by atoms with Crippen molar-refractivity contribution in [3.05, 3.63) is 48.0 Å². The molecule has 2 rings (SSSR count). The fourth-order valence-electron chi connectivity index (χ4n) is 1.43. The Bertz CT molecular complexity index is 500. The van der Waals surface area contributed by atoms with Gasteiger partial charge in [0.15, 0.2) is 0 Å². The summed E-state index contributed by atoms with van der Waals surface area (Å²) < 4.78 is 39.4. The summed E-state index contributed by atoms with van der Waals surface area (Å²) in [7, 11) is 0. The van der Waals surface area contributed by atoms with Crippen LogP contribution in [0.4, 0.5) is 13.2 Å². The van der Waals surface area contributed by atoms with E-state index in [1.54, 1.807) is 13.1 Å². The lowest BCUT2D eigenvalue weighted by Gasteiger charge is -2.12. The molecule has 0 bridgehead atoms. The van der Waals surface area contributed by atoms with Gasteiger partial charge in [0.2, 0.25) is 0 Å². The zero-order valence-electron chi connectivity index (χ0n) is 8.42. The van der Waals surface area contributed by atoms with Crippen molar-refractivity contribution in [2.45, 2.75) is 13.1 Å². The summed E-state index contributed by atoms with van der Waals surface area (Å²) in [6.07, 6.45) is -1.48. The molecule has 0 atom stereocenters. The van der Waals surface area contributed by atoms with E-state index in [0.29, 0.717) is 5.69 Å². The molecule has 1 aromatic heterocycles. The SMILES string of the molecule is Cc1cn(-c2cc[c]cc2C(F)(F)F)cn1. The molecule has 2 nitrogen and oxygen atoms in total. The molecule has 1 heterocycles. The van der Waals surface area contributed by atoms with E-state index in [1.807, 2.05) is 0 Å². The van der Waals surface area contributed by atoms with Gasteiger partial charge in [0, 0.05) is 6.20 Å². The maximum absolute atomic E-state index is 12.7. The van der Waals surface area contributed by atoms with Crippen LogP contribution in [-0.4, -0.2) is 9.55 Å². The first-order valence-electron chi connectivity index (χ1n) is 4.57. The van der Waals surface area contributed by atoms with E-state index in [9.17, 15) is 13.2 Å². The topological polar surface area (TPSA) is 17.8 Å². The lowest BCUT2D eigenvalue weighted by molar-refractivity contribution is -0.137. The second-order valence-corrected chi connectivity index (χ2v) is 3.36. The van der Waals surface area contributed by atoms with Crippen molar-refractivity contribution in [3.63, 3.8) is 0 Å². The molecule has 0 spiro atoms. The van der Waals surface area contributed by atoms with Gasteiger partial charge < -0.3 is 4.57 Å². The predicted octanol–water partition coefficient (Wildman–Crippen LogP) is 3.00. The zero-order valence-corrected chi connectivity index (χ0v) is 8.42. The second-order valence-electron chi connectivity index (χ2n) is 3.36. The van der Waals surface area contributed by atoms with Crippen molar-refractivity contribution in [3.8, 4) is 5.69 Å². The lowest BCUT2D eigenvalue weighted by Crippen LogP contribution is -2.09. The number of nitrogens with zero attached hydrogens (tertiary/aromatic N) is 2. The van der Waals surface area contributed by atoms with Gasteiger partial charge in [-0.3, -0.25) is 0 Å². The first-order chi connectivity index (χ1) is 7.48. The van der Waals surface area contributed by atoms with E-state index < -0.39 is 11.7 Å². The van der Waals surface area contributed by atoms with Crippen molar-refractivity contribution in [1.82, 2.24) is 9.55 Å². The molecule has 1 aromatic carbocycles. The van der Waals surface area contributed by atoms with Crippen LogP contribution in [-0.2, 0) is 6.18 Å². The number of imidazole rings is 1. The highest BCUT2D eigenvalue weighted by Crippen LogP contribution is 2.33. The number of rotatable bonds is 1. The Kier molecular flexibility index (Phi) is 2.46. The molecule has 0 unspecified atom stereocenters. The second kappa shape index (κ2) is 3.66. The van der Waals surface area contributed by atoms with Gasteiger partial charge >= 0.3 is 6.18 Å². The number of alkyl halides is 3. The third kappa shape index (κ3) is 1.93. The van der Waals surface area contributed by atoms with Gasteiger partial charge in [-0.2, -0.15) is 13.2 Å². The van der Waals surface area contributed by atoms with Crippen LogP contribution < -0.4 is 0 Å². The van der Waals surface area contributed by atoms with Crippen molar-refractivity contribution < 1.29 is 13.2 Å². The highest BCUT2D eigenvalue weighted by atomic mass is 19.4. The van der Waals surface area contributed by atoms with Crippen LogP contribution in [0.3, 0.4) is 0 Å². The summed E-state index contributed by atoms with van der Waals surface area (Å²) in [6.45, 7) is 1.72. The van der Waals surface area contributed by atoms with Crippen LogP contribution in [0, 0.1) is 13.0 Å². The Morgan fingerprint density at radius 2 is 2.12 bits per heavy atom. The van der Waals surface area contributed by atoms with Crippen LogP contribution in [0.2, 0.25) is 0 Å². The van der Waals surface area contributed by atoms with Crippen molar-refractivity contribution in [2.75, 3.05) is 0 Å². The number of hydrogen-bond donors (Lipinski definition) is 0. The standard InChI is InChI=1S/C11H8F3N2/c1-8-6-16(7-15-8)10-5-3-2-4-9(10)11(12,13)14/h3-7H,1H3. The third-order valence-corrected chi connectivity index (χ3v) is 2.14. The quantitative estimate of drug-likeness (QED) is 0.729. The fourth-order valence-corrected chi connectivity index (χ4v) is 1.43. The Labute approximate surface area is 90.4 Å². The molecular formula is C11H8F3N2. The fraction of sp³-hybridized carbons (Fsp3) is 0.182. The van der Waals surface area contributed by atoms with E-state index in [0.717, 1.165) is 6.07 Å². The maximum atomic E-state index is 12.7. The summed E-state index contributed by atoms with van der Waals surface area (Å²) in [5.41, 5.74) is 0.0141. The molecule has 83 valence electrons. The predicted molar refractivity (Wildman–Crippen MR) is 52.1 cm³/mol. The molecule has 0 fully saturated rings. The number of aromatic nitrogens is 2. The van der Waals surface area contributed by atoms with Crippen LogP contribution in [0.5, 0.6) is 0 Å². The first kappa shape index (κ1) is 10.7. The van der Waals surface area contributed by atoms with Crippen molar-refractivity contribution in [1.29, 1.82) is 0 Å². The average molecular weight is 225 g/mol. The molecule has 0 saturated heterocycles. The largest absolute Gasteiger partial charge is 0.418 e. The van der Waals surface area contributed by atoms with Crippen LogP contribution in [0.1, 0.15) is 11.3 Å². The monoisotopic (exact) mass is 225 g/mol. The van der Waals surface area contributed by atoms with E-state index >= 15 is 0 Å². The van der Waals surface area contributed by atoms with Crippen LogP contribution in [0.25, 0.3) is 5.69 Å². The van der Waals surface area contributed by atoms with Gasteiger partial charge in [-0.15, -0.1) is 0 Å². The molecule has 0 aliphatic carbocycles. The molecule has 5 heteroatoms. The summed E-state index contributed by atoms with van der Waals surface area (Å²) >= 11 is 0. The van der Waals surface area contributed by atoms with Crippen LogP contribution >= 0.6 is 0 Å². The summed E-state index contributed by atoms with van der Waals surface area (Å²) in [6, 6.07) is 6.18. The van der Waals surface area contributed by atoms with Gasteiger partial charge in [0.05, 0.1) is 23.3 Å². The van der Waals surface area contributed by atoms with E-state index in [1.165, 1.54) is 23.0 Å².